The van der Waals surface area contributed by atoms with Crippen molar-refractivity contribution in [2.45, 2.75) is 18.4 Å². The fraction of sp³-hybridized carbons (Fsp3) is 0.0469. The summed E-state index contributed by atoms with van der Waals surface area (Å²) in [6, 6.07) is 72.9. The van der Waals surface area contributed by atoms with E-state index in [1.54, 1.807) is 0 Å². The van der Waals surface area contributed by atoms with Gasteiger partial charge in [0.05, 0.1) is 22.6 Å². The third kappa shape index (κ3) is 5.71. The molecule has 70 heavy (non-hydrogen) atoms. The van der Waals surface area contributed by atoms with Gasteiger partial charge >= 0.3 is 0 Å². The molecular formula is C64H40N4O2. The second-order valence-electron chi connectivity index (χ2n) is 18.8. The molecule has 6 nitrogen and oxygen atoms in total. The van der Waals surface area contributed by atoms with E-state index in [1.807, 2.05) is 24.3 Å². The van der Waals surface area contributed by atoms with Crippen LogP contribution < -0.4 is 4.74 Å². The molecule has 0 bridgehead atoms. The van der Waals surface area contributed by atoms with E-state index in [-0.39, 0.29) is 5.92 Å². The van der Waals surface area contributed by atoms with Gasteiger partial charge in [0.15, 0.2) is 23.1 Å². The molecule has 2 atom stereocenters. The Hall–Kier alpha value is -9.13. The minimum atomic E-state index is -0.913. The Morgan fingerprint density at radius 1 is 0.443 bits per heavy atom. The summed E-state index contributed by atoms with van der Waals surface area (Å²) in [5.74, 6) is 2.40. The van der Waals surface area contributed by atoms with Gasteiger partial charge in [0.1, 0.15) is 16.9 Å². The van der Waals surface area contributed by atoms with Crippen molar-refractivity contribution >= 4 is 87.3 Å². The number of ether oxygens (including phenoxy) is 1. The summed E-state index contributed by atoms with van der Waals surface area (Å²) < 4.78 is 16.4. The van der Waals surface area contributed by atoms with Crippen molar-refractivity contribution in [1.82, 2.24) is 19.5 Å². The Morgan fingerprint density at radius 3 is 1.86 bits per heavy atom. The van der Waals surface area contributed by atoms with E-state index in [9.17, 15) is 0 Å². The first-order valence-electron chi connectivity index (χ1n) is 23.9. The lowest BCUT2D eigenvalue weighted by molar-refractivity contribution is 0.161. The van der Waals surface area contributed by atoms with Crippen LogP contribution in [0.2, 0.25) is 0 Å². The summed E-state index contributed by atoms with van der Waals surface area (Å²) in [5, 5.41) is 11.6. The third-order valence-electron chi connectivity index (χ3n) is 14.8. The van der Waals surface area contributed by atoms with Gasteiger partial charge in [0, 0.05) is 43.8 Å². The van der Waals surface area contributed by atoms with Crippen molar-refractivity contribution in [2.24, 2.45) is 0 Å². The van der Waals surface area contributed by atoms with Gasteiger partial charge in [-0.05, 0) is 92.8 Å². The van der Waals surface area contributed by atoms with Gasteiger partial charge < -0.3 is 13.7 Å². The maximum absolute atomic E-state index is 7.52. The molecule has 15 rings (SSSR count). The molecule has 6 heteroatoms. The van der Waals surface area contributed by atoms with Crippen molar-refractivity contribution in [1.29, 1.82) is 0 Å². The van der Waals surface area contributed by atoms with E-state index in [0.29, 0.717) is 17.5 Å². The molecule has 0 amide bonds. The number of hydrogen-bond acceptors (Lipinski definition) is 5. The lowest BCUT2D eigenvalue weighted by Crippen LogP contribution is -2.39. The predicted octanol–water partition coefficient (Wildman–Crippen LogP) is 16.2. The molecule has 0 saturated carbocycles. The molecule has 0 spiro atoms. The number of nitrogens with zero attached hydrogens (tertiary/aromatic N) is 4. The maximum Gasteiger partial charge on any atom is 0.166 e. The number of hydrogen-bond donors (Lipinski definition) is 0. The zero-order valence-corrected chi connectivity index (χ0v) is 38.0. The molecule has 2 aliphatic rings. The minimum absolute atomic E-state index is 0.137. The molecule has 0 saturated heterocycles. The van der Waals surface area contributed by atoms with Crippen molar-refractivity contribution < 1.29 is 9.15 Å². The Balaban J connectivity index is 1.04. The second kappa shape index (κ2) is 14.7. The van der Waals surface area contributed by atoms with Crippen LogP contribution in [0.25, 0.3) is 121 Å². The number of furan rings is 1. The monoisotopic (exact) mass is 896 g/mol. The van der Waals surface area contributed by atoms with E-state index >= 15 is 0 Å². The Labute approximate surface area is 402 Å². The average molecular weight is 897 g/mol. The second-order valence-corrected chi connectivity index (χ2v) is 18.8. The molecule has 0 radical (unpaired) electrons. The van der Waals surface area contributed by atoms with Gasteiger partial charge in [-0.2, -0.15) is 0 Å². The third-order valence-corrected chi connectivity index (χ3v) is 14.8. The standard InChI is InChI=1S/C64H40N4O2/c1-64-52(59-47-20-10-8-16-41(47)29-34-56(59)70-64)32-31-50(60(64)68-53-33-28-40-15-7-9-19-46(40)58(53)51-35-43-17-5-6-18-44(43)36-54(51)68)63-66-61(42-25-23-39(24-26-42)38-13-3-2-4-14-38)65-62(67-63)45-27-30-49-48-21-11-12-22-55(48)69-57(49)37-45/h2-37,52H,1H3. The maximum atomic E-state index is 7.52. The molecule has 328 valence electrons. The van der Waals surface area contributed by atoms with Crippen LogP contribution in [-0.2, 0) is 0 Å². The number of allylic oxidation sites excluding steroid dienone is 2. The predicted molar refractivity (Wildman–Crippen MR) is 286 cm³/mol. The van der Waals surface area contributed by atoms with Crippen LogP contribution >= 0.6 is 0 Å². The van der Waals surface area contributed by atoms with Gasteiger partial charge in [-0.1, -0.05) is 176 Å². The zero-order valence-electron chi connectivity index (χ0n) is 38.0. The van der Waals surface area contributed by atoms with Gasteiger partial charge in [0.25, 0.3) is 0 Å². The molecule has 1 aliphatic heterocycles. The number of fused-ring (bicyclic) bond motifs is 14. The topological polar surface area (TPSA) is 66.0 Å². The first kappa shape index (κ1) is 38.9. The Morgan fingerprint density at radius 2 is 1.04 bits per heavy atom. The number of benzene rings is 10. The number of para-hydroxylation sites is 1. The van der Waals surface area contributed by atoms with Crippen LogP contribution in [0.1, 0.15) is 24.2 Å². The van der Waals surface area contributed by atoms with E-state index in [1.165, 1.54) is 43.3 Å². The largest absolute Gasteiger partial charge is 0.480 e. The highest BCUT2D eigenvalue weighted by molar-refractivity contribution is 6.24. The molecular weight excluding hydrogens is 857 g/mol. The van der Waals surface area contributed by atoms with E-state index in [2.05, 4.69) is 206 Å². The van der Waals surface area contributed by atoms with E-state index in [4.69, 9.17) is 24.1 Å². The summed E-state index contributed by atoms with van der Waals surface area (Å²) in [7, 11) is 0. The molecule has 0 N–H and O–H groups in total. The lowest BCUT2D eigenvalue weighted by atomic mass is 9.76. The van der Waals surface area contributed by atoms with Crippen molar-refractivity contribution in [2.75, 3.05) is 0 Å². The fourth-order valence-corrected chi connectivity index (χ4v) is 11.6. The first-order valence-corrected chi connectivity index (χ1v) is 23.9. The summed E-state index contributed by atoms with van der Waals surface area (Å²) in [6.45, 7) is 2.26. The van der Waals surface area contributed by atoms with Crippen LogP contribution in [0, 0.1) is 0 Å². The van der Waals surface area contributed by atoms with Crippen molar-refractivity contribution in [3.8, 4) is 39.7 Å². The highest BCUT2D eigenvalue weighted by Gasteiger charge is 2.51. The molecule has 13 aromatic rings. The van der Waals surface area contributed by atoms with Gasteiger partial charge in [-0.15, -0.1) is 0 Å². The zero-order chi connectivity index (χ0) is 46.1. The molecule has 4 heterocycles. The Kier molecular flexibility index (Phi) is 8.17. The molecule has 3 aromatic heterocycles. The summed E-state index contributed by atoms with van der Waals surface area (Å²) in [4.78, 5) is 16.3. The van der Waals surface area contributed by atoms with E-state index < -0.39 is 5.60 Å². The smallest absolute Gasteiger partial charge is 0.166 e. The normalized spacial score (nSPS) is 16.6. The highest BCUT2D eigenvalue weighted by atomic mass is 16.5. The van der Waals surface area contributed by atoms with Gasteiger partial charge in [0.2, 0.25) is 0 Å². The quantitative estimate of drug-likeness (QED) is 0.172. The highest BCUT2D eigenvalue weighted by Crippen LogP contribution is 2.57. The minimum Gasteiger partial charge on any atom is -0.480 e. The lowest BCUT2D eigenvalue weighted by Gasteiger charge is -2.37. The number of rotatable bonds is 5. The molecule has 1 aliphatic carbocycles. The van der Waals surface area contributed by atoms with Crippen LogP contribution in [0.4, 0.5) is 0 Å². The summed E-state index contributed by atoms with van der Waals surface area (Å²) in [5.41, 5.74) is 9.83. The van der Waals surface area contributed by atoms with Crippen LogP contribution in [0.5, 0.6) is 5.75 Å². The van der Waals surface area contributed by atoms with Crippen molar-refractivity contribution in [3.05, 3.63) is 230 Å². The molecule has 10 aromatic carbocycles. The number of aromatic nitrogens is 4. The molecule has 0 fully saturated rings. The van der Waals surface area contributed by atoms with Crippen LogP contribution in [-0.4, -0.2) is 25.1 Å². The van der Waals surface area contributed by atoms with Crippen LogP contribution in [0.3, 0.4) is 0 Å². The van der Waals surface area contributed by atoms with E-state index in [0.717, 1.165) is 77.6 Å². The summed E-state index contributed by atoms with van der Waals surface area (Å²) in [6.07, 6.45) is 4.56. The first-order chi connectivity index (χ1) is 34.5. The molecule has 2 unspecified atom stereocenters. The SMILES string of the molecule is CC12Oc3ccc4ccccc4c3C1C=CC(c1nc(-c3ccc(-c4ccccc4)cc3)nc(-c3ccc4c(c3)oc3ccccc34)n1)=C2n1c2cc3ccccc3cc2c2c3ccccc3ccc21. The van der Waals surface area contributed by atoms with Crippen LogP contribution in [0.15, 0.2) is 223 Å². The fourth-order valence-electron chi connectivity index (χ4n) is 11.6. The Bertz CT molecular complexity index is 4410. The summed E-state index contributed by atoms with van der Waals surface area (Å²) >= 11 is 0. The van der Waals surface area contributed by atoms with Gasteiger partial charge in [-0.25, -0.2) is 15.0 Å². The van der Waals surface area contributed by atoms with Crippen molar-refractivity contribution in [3.63, 3.8) is 0 Å². The average Bonchev–Trinajstić information content (AvgIpc) is 4.06. The van der Waals surface area contributed by atoms with Gasteiger partial charge in [-0.3, -0.25) is 0 Å².